The van der Waals surface area contributed by atoms with Crippen molar-refractivity contribution in [3.63, 3.8) is 0 Å². The molecule has 0 aromatic carbocycles. The van der Waals surface area contributed by atoms with E-state index in [2.05, 4.69) is 39.5 Å². The summed E-state index contributed by atoms with van der Waals surface area (Å²) in [5.74, 6) is 1.74. The van der Waals surface area contributed by atoms with Crippen LogP contribution >= 0.6 is 0 Å². The molecule has 0 aliphatic carbocycles. The van der Waals surface area contributed by atoms with Gasteiger partial charge in [0.05, 0.1) is 0 Å². The van der Waals surface area contributed by atoms with Crippen molar-refractivity contribution < 1.29 is 0 Å². The molecule has 0 spiro atoms. The van der Waals surface area contributed by atoms with Gasteiger partial charge in [-0.3, -0.25) is 4.90 Å². The molecule has 4 unspecified atom stereocenters. The fourth-order valence-electron chi connectivity index (χ4n) is 2.57. The summed E-state index contributed by atoms with van der Waals surface area (Å²) in [7, 11) is 0. The Labute approximate surface area is 83.5 Å². The van der Waals surface area contributed by atoms with Crippen LogP contribution in [0.4, 0.5) is 0 Å². The Morgan fingerprint density at radius 3 is 2.31 bits per heavy atom. The summed E-state index contributed by atoms with van der Waals surface area (Å²) in [6.45, 7) is 13.1. The highest BCUT2D eigenvalue weighted by Crippen LogP contribution is 2.27. The van der Waals surface area contributed by atoms with E-state index < -0.39 is 0 Å². The maximum Gasteiger partial charge on any atom is 0.00953 e. The molecule has 1 aliphatic rings. The fraction of sp³-hybridized carbons (Fsp3) is 1.00. The average molecular weight is 183 g/mol. The molecule has 1 fully saturated rings. The average Bonchev–Trinajstić information content (AvgIpc) is 2.42. The summed E-state index contributed by atoms with van der Waals surface area (Å²) in [6.07, 6.45) is 2.69. The van der Waals surface area contributed by atoms with Crippen molar-refractivity contribution in [2.24, 2.45) is 11.8 Å². The number of likely N-dealkylation sites (tertiary alicyclic amines) is 1. The molecule has 1 rings (SSSR count). The molecule has 0 bridgehead atoms. The monoisotopic (exact) mass is 183 g/mol. The first-order valence-corrected chi connectivity index (χ1v) is 5.82. The van der Waals surface area contributed by atoms with Crippen LogP contribution in [0.5, 0.6) is 0 Å². The number of rotatable bonds is 3. The zero-order chi connectivity index (χ0) is 10.0. The van der Waals surface area contributed by atoms with E-state index in [1.807, 2.05) is 0 Å². The lowest BCUT2D eigenvalue weighted by Crippen LogP contribution is -2.39. The first kappa shape index (κ1) is 11.0. The molecule has 0 radical (unpaired) electrons. The van der Waals surface area contributed by atoms with Crippen LogP contribution in [0.25, 0.3) is 0 Å². The zero-order valence-corrected chi connectivity index (χ0v) is 9.88. The lowest BCUT2D eigenvalue weighted by molar-refractivity contribution is 0.150. The van der Waals surface area contributed by atoms with Crippen LogP contribution in [0.1, 0.15) is 47.5 Å². The predicted molar refractivity (Wildman–Crippen MR) is 58.9 cm³/mol. The molecular weight excluding hydrogens is 158 g/mol. The van der Waals surface area contributed by atoms with Crippen molar-refractivity contribution in [2.45, 2.75) is 59.5 Å². The third-order valence-electron chi connectivity index (χ3n) is 3.82. The van der Waals surface area contributed by atoms with Gasteiger partial charge in [0, 0.05) is 18.6 Å². The van der Waals surface area contributed by atoms with Gasteiger partial charge in [-0.05, 0) is 32.1 Å². The zero-order valence-electron chi connectivity index (χ0n) is 9.88. The molecule has 13 heavy (non-hydrogen) atoms. The van der Waals surface area contributed by atoms with E-state index in [-0.39, 0.29) is 0 Å². The quantitative estimate of drug-likeness (QED) is 0.649. The van der Waals surface area contributed by atoms with Crippen molar-refractivity contribution in [3.8, 4) is 0 Å². The van der Waals surface area contributed by atoms with Gasteiger partial charge in [0.15, 0.2) is 0 Å². The summed E-state index contributed by atoms with van der Waals surface area (Å²) in [6, 6.07) is 1.57. The van der Waals surface area contributed by atoms with Crippen LogP contribution in [0, 0.1) is 11.8 Å². The summed E-state index contributed by atoms with van der Waals surface area (Å²) in [5, 5.41) is 0. The Hall–Kier alpha value is -0.0400. The molecule has 0 aromatic heterocycles. The van der Waals surface area contributed by atoms with Gasteiger partial charge in [0.1, 0.15) is 0 Å². The van der Waals surface area contributed by atoms with Crippen LogP contribution in [0.3, 0.4) is 0 Å². The van der Waals surface area contributed by atoms with Crippen molar-refractivity contribution in [1.29, 1.82) is 0 Å². The minimum absolute atomic E-state index is 0.768. The smallest absolute Gasteiger partial charge is 0.00953 e. The molecule has 0 amide bonds. The van der Waals surface area contributed by atoms with Crippen LogP contribution in [0.15, 0.2) is 0 Å². The van der Waals surface area contributed by atoms with Gasteiger partial charge in [-0.15, -0.1) is 0 Å². The van der Waals surface area contributed by atoms with Crippen molar-refractivity contribution >= 4 is 0 Å². The Kier molecular flexibility index (Phi) is 3.78. The summed E-state index contributed by atoms with van der Waals surface area (Å²) >= 11 is 0. The van der Waals surface area contributed by atoms with Crippen LogP contribution in [-0.4, -0.2) is 23.5 Å². The van der Waals surface area contributed by atoms with E-state index in [1.165, 1.54) is 19.4 Å². The third kappa shape index (κ3) is 2.46. The molecular formula is C12H25N. The molecule has 4 atom stereocenters. The third-order valence-corrected chi connectivity index (χ3v) is 3.82. The summed E-state index contributed by atoms with van der Waals surface area (Å²) in [4.78, 5) is 2.69. The molecule has 0 N–H and O–H groups in total. The summed E-state index contributed by atoms with van der Waals surface area (Å²) < 4.78 is 0. The number of hydrogen-bond donors (Lipinski definition) is 0. The van der Waals surface area contributed by atoms with Gasteiger partial charge in [-0.2, -0.15) is 0 Å². The first-order valence-electron chi connectivity index (χ1n) is 5.82. The van der Waals surface area contributed by atoms with Crippen molar-refractivity contribution in [1.82, 2.24) is 4.90 Å². The summed E-state index contributed by atoms with van der Waals surface area (Å²) in [5.41, 5.74) is 0. The van der Waals surface area contributed by atoms with Gasteiger partial charge in [-0.25, -0.2) is 0 Å². The minimum atomic E-state index is 0.768. The molecule has 1 saturated heterocycles. The highest BCUT2D eigenvalue weighted by atomic mass is 15.2. The highest BCUT2D eigenvalue weighted by Gasteiger charge is 2.31. The molecule has 0 saturated carbocycles. The molecule has 1 aliphatic heterocycles. The van der Waals surface area contributed by atoms with E-state index in [1.54, 1.807) is 0 Å². The molecule has 0 aromatic rings. The fourth-order valence-corrected chi connectivity index (χ4v) is 2.57. The van der Waals surface area contributed by atoms with E-state index in [0.29, 0.717) is 0 Å². The van der Waals surface area contributed by atoms with E-state index in [4.69, 9.17) is 0 Å². The second-order valence-electron chi connectivity index (χ2n) is 5.01. The normalized spacial score (nSPS) is 34.8. The lowest BCUT2D eigenvalue weighted by Gasteiger charge is -2.32. The lowest BCUT2D eigenvalue weighted by atomic mass is 9.99. The molecule has 1 heteroatoms. The second kappa shape index (κ2) is 4.45. The van der Waals surface area contributed by atoms with Gasteiger partial charge in [0.2, 0.25) is 0 Å². The Morgan fingerprint density at radius 2 is 1.92 bits per heavy atom. The van der Waals surface area contributed by atoms with Crippen LogP contribution in [0.2, 0.25) is 0 Å². The van der Waals surface area contributed by atoms with Crippen LogP contribution in [-0.2, 0) is 0 Å². The van der Waals surface area contributed by atoms with Crippen molar-refractivity contribution in [3.05, 3.63) is 0 Å². The Bertz CT molecular complexity index is 155. The second-order valence-corrected chi connectivity index (χ2v) is 5.01. The predicted octanol–water partition coefficient (Wildman–Crippen LogP) is 3.15. The SMILES string of the molecule is CCC(C)C(C)N1CC(C)CC1C. The van der Waals surface area contributed by atoms with Gasteiger partial charge in [-0.1, -0.05) is 27.2 Å². The molecule has 1 nitrogen and oxygen atoms in total. The van der Waals surface area contributed by atoms with Crippen LogP contribution < -0.4 is 0 Å². The molecule has 1 heterocycles. The number of hydrogen-bond acceptors (Lipinski definition) is 1. The largest absolute Gasteiger partial charge is 0.297 e. The van der Waals surface area contributed by atoms with E-state index >= 15 is 0 Å². The first-order chi connectivity index (χ1) is 6.06. The highest BCUT2D eigenvalue weighted by molar-refractivity contribution is 4.85. The maximum absolute atomic E-state index is 2.69. The minimum Gasteiger partial charge on any atom is -0.297 e. The van der Waals surface area contributed by atoms with E-state index in [0.717, 1.165) is 23.9 Å². The number of nitrogens with zero attached hydrogens (tertiary/aromatic N) is 1. The molecule has 78 valence electrons. The van der Waals surface area contributed by atoms with Crippen molar-refractivity contribution in [2.75, 3.05) is 6.54 Å². The van der Waals surface area contributed by atoms with E-state index in [9.17, 15) is 0 Å². The standard InChI is InChI=1S/C12H25N/c1-6-10(3)12(5)13-8-9(2)7-11(13)4/h9-12H,6-8H2,1-5H3. The van der Waals surface area contributed by atoms with Gasteiger partial charge in [0.25, 0.3) is 0 Å². The maximum atomic E-state index is 2.69. The topological polar surface area (TPSA) is 3.24 Å². The van der Waals surface area contributed by atoms with Gasteiger partial charge < -0.3 is 0 Å². The Morgan fingerprint density at radius 1 is 1.31 bits per heavy atom. The van der Waals surface area contributed by atoms with Gasteiger partial charge >= 0.3 is 0 Å². The Balaban J connectivity index is 2.51.